The Bertz CT molecular complexity index is 241. The Labute approximate surface area is 86.6 Å². The van der Waals surface area contributed by atoms with Gasteiger partial charge in [0, 0.05) is 12.4 Å². The Morgan fingerprint density at radius 1 is 1.43 bits per heavy atom. The summed E-state index contributed by atoms with van der Waals surface area (Å²) in [4.78, 5) is 11.3. The Kier molecular flexibility index (Phi) is 2.49. The second kappa shape index (κ2) is 3.40. The molecule has 2 N–H and O–H groups in total. The van der Waals surface area contributed by atoms with Crippen molar-refractivity contribution in [2.24, 2.45) is 5.41 Å². The number of aliphatic carboxylic acids is 1. The van der Waals surface area contributed by atoms with Gasteiger partial charge in [0.15, 0.2) is 0 Å². The lowest BCUT2D eigenvalue weighted by atomic mass is 9.71. The summed E-state index contributed by atoms with van der Waals surface area (Å²) in [6.45, 7) is 0.596. The quantitative estimate of drug-likeness (QED) is 0.700. The monoisotopic (exact) mass is 218 g/mol. The van der Waals surface area contributed by atoms with Crippen molar-refractivity contribution >= 4 is 17.7 Å². The van der Waals surface area contributed by atoms with Gasteiger partial charge in [0.1, 0.15) is 5.41 Å². The van der Waals surface area contributed by atoms with E-state index in [9.17, 15) is 15.0 Å². The zero-order valence-electron chi connectivity index (χ0n) is 7.86. The average molecular weight is 218 g/mol. The fraction of sp³-hybridized carbons (Fsp3) is 0.889. The highest BCUT2D eigenvalue weighted by atomic mass is 32.2. The molecule has 2 atom stereocenters. The van der Waals surface area contributed by atoms with Gasteiger partial charge in [0.05, 0.1) is 12.2 Å². The van der Waals surface area contributed by atoms with Crippen molar-refractivity contribution in [3.8, 4) is 0 Å². The van der Waals surface area contributed by atoms with Crippen LogP contribution >= 0.6 is 11.8 Å². The fourth-order valence-corrected chi connectivity index (χ4v) is 3.62. The van der Waals surface area contributed by atoms with Crippen LogP contribution in [0.5, 0.6) is 0 Å². The lowest BCUT2D eigenvalue weighted by Crippen LogP contribution is -2.54. The van der Waals surface area contributed by atoms with E-state index >= 15 is 0 Å². The smallest absolute Gasteiger partial charge is 0.315 e. The molecule has 2 aliphatic rings. The number of carboxylic acids is 1. The lowest BCUT2D eigenvalue weighted by Gasteiger charge is -2.37. The molecule has 0 saturated carbocycles. The molecular weight excluding hydrogens is 204 g/mol. The van der Waals surface area contributed by atoms with Gasteiger partial charge < -0.3 is 14.9 Å². The Hall–Kier alpha value is -0.260. The van der Waals surface area contributed by atoms with Gasteiger partial charge in [-0.25, -0.2) is 0 Å². The van der Waals surface area contributed by atoms with Crippen molar-refractivity contribution in [2.45, 2.75) is 18.4 Å². The summed E-state index contributed by atoms with van der Waals surface area (Å²) in [5, 5.41) is 19.6. The van der Waals surface area contributed by atoms with E-state index in [-0.39, 0.29) is 6.61 Å². The van der Waals surface area contributed by atoms with Gasteiger partial charge in [0.2, 0.25) is 0 Å². The highest BCUT2D eigenvalue weighted by Gasteiger charge is 2.59. The lowest BCUT2D eigenvalue weighted by molar-refractivity contribution is -0.166. The van der Waals surface area contributed by atoms with Crippen LogP contribution in [-0.2, 0) is 9.53 Å². The highest BCUT2D eigenvalue weighted by Crippen LogP contribution is 2.47. The van der Waals surface area contributed by atoms with Gasteiger partial charge in [-0.1, -0.05) is 0 Å². The van der Waals surface area contributed by atoms with Crippen LogP contribution in [0.1, 0.15) is 12.8 Å². The van der Waals surface area contributed by atoms with Crippen molar-refractivity contribution in [1.29, 1.82) is 0 Å². The fourth-order valence-electron chi connectivity index (χ4n) is 2.23. The molecule has 0 aromatic carbocycles. The number of thioether (sulfide) groups is 1. The Balaban J connectivity index is 2.30. The minimum absolute atomic E-state index is 0.152. The van der Waals surface area contributed by atoms with Gasteiger partial charge in [-0.05, 0) is 18.6 Å². The van der Waals surface area contributed by atoms with Crippen LogP contribution in [0, 0.1) is 5.41 Å². The average Bonchev–Trinajstić information content (AvgIpc) is 2.72. The minimum atomic E-state index is -1.07. The van der Waals surface area contributed by atoms with E-state index in [4.69, 9.17) is 4.74 Å². The first-order valence-electron chi connectivity index (χ1n) is 4.72. The van der Waals surface area contributed by atoms with E-state index in [1.807, 2.05) is 0 Å². The summed E-state index contributed by atoms with van der Waals surface area (Å²) >= 11 is 1.61. The minimum Gasteiger partial charge on any atom is -0.481 e. The third-order valence-corrected chi connectivity index (χ3v) is 4.50. The van der Waals surface area contributed by atoms with E-state index < -0.39 is 17.0 Å². The molecule has 2 rings (SSSR count). The van der Waals surface area contributed by atoms with Crippen LogP contribution in [0.15, 0.2) is 0 Å². The number of ether oxygens (including phenoxy) is 1. The maximum Gasteiger partial charge on any atom is 0.315 e. The standard InChI is InChI=1S/C9H14O4S/c10-7(11)8(1-3-13-5-8)9(12)2-4-14-6-9/h12H,1-6H2,(H,10,11). The Morgan fingerprint density at radius 2 is 2.21 bits per heavy atom. The van der Waals surface area contributed by atoms with Crippen molar-refractivity contribution in [2.75, 3.05) is 24.7 Å². The summed E-state index contributed by atoms with van der Waals surface area (Å²) in [6.07, 6.45) is 0.993. The molecule has 2 saturated heterocycles. The number of rotatable bonds is 2. The first kappa shape index (κ1) is 10.3. The number of hydrogen-bond donors (Lipinski definition) is 2. The summed E-state index contributed by atoms with van der Waals surface area (Å²) in [7, 11) is 0. The maximum absolute atomic E-state index is 11.3. The summed E-state index contributed by atoms with van der Waals surface area (Å²) in [5.41, 5.74) is -2.13. The normalized spacial score (nSPS) is 42.9. The summed E-state index contributed by atoms with van der Waals surface area (Å²) in [6, 6.07) is 0. The summed E-state index contributed by atoms with van der Waals surface area (Å²) in [5.74, 6) is 0.439. The molecule has 0 aromatic rings. The number of carbonyl (C=O) groups is 1. The number of hydrogen-bond acceptors (Lipinski definition) is 4. The van der Waals surface area contributed by atoms with E-state index in [0.717, 1.165) is 5.75 Å². The Morgan fingerprint density at radius 3 is 2.64 bits per heavy atom. The van der Waals surface area contributed by atoms with Gasteiger partial charge in [-0.2, -0.15) is 11.8 Å². The molecule has 14 heavy (non-hydrogen) atoms. The molecule has 0 aromatic heterocycles. The molecule has 0 amide bonds. The molecule has 4 nitrogen and oxygen atoms in total. The van der Waals surface area contributed by atoms with E-state index in [0.29, 0.717) is 25.2 Å². The molecule has 0 bridgehead atoms. The first-order valence-corrected chi connectivity index (χ1v) is 5.87. The molecule has 0 radical (unpaired) electrons. The second-order valence-electron chi connectivity index (χ2n) is 4.02. The van der Waals surface area contributed by atoms with Crippen molar-refractivity contribution < 1.29 is 19.7 Å². The topological polar surface area (TPSA) is 66.8 Å². The molecular formula is C9H14O4S. The van der Waals surface area contributed by atoms with Gasteiger partial charge in [-0.15, -0.1) is 0 Å². The van der Waals surface area contributed by atoms with Crippen molar-refractivity contribution in [1.82, 2.24) is 0 Å². The number of aliphatic hydroxyl groups is 1. The zero-order chi connectivity index (χ0) is 10.2. The predicted molar refractivity (Wildman–Crippen MR) is 52.4 cm³/mol. The van der Waals surface area contributed by atoms with Gasteiger partial charge in [0.25, 0.3) is 0 Å². The third-order valence-electron chi connectivity index (χ3n) is 3.32. The molecule has 0 spiro atoms. The first-order chi connectivity index (χ1) is 6.61. The molecule has 80 valence electrons. The molecule has 2 unspecified atom stereocenters. The van der Waals surface area contributed by atoms with Crippen LogP contribution in [0.2, 0.25) is 0 Å². The SMILES string of the molecule is O=C(O)C1(C2(O)CCSC2)CCOC1. The van der Waals surface area contributed by atoms with Gasteiger partial charge in [-0.3, -0.25) is 4.79 Å². The molecule has 5 heteroatoms. The second-order valence-corrected chi connectivity index (χ2v) is 5.13. The van der Waals surface area contributed by atoms with Crippen molar-refractivity contribution in [3.63, 3.8) is 0 Å². The zero-order valence-corrected chi connectivity index (χ0v) is 8.68. The van der Waals surface area contributed by atoms with Crippen LogP contribution in [-0.4, -0.2) is 46.5 Å². The number of carboxylic acid groups (broad SMARTS) is 1. The molecule has 2 aliphatic heterocycles. The van der Waals surface area contributed by atoms with Gasteiger partial charge >= 0.3 is 5.97 Å². The molecule has 0 aliphatic carbocycles. The summed E-state index contributed by atoms with van der Waals surface area (Å²) < 4.78 is 5.15. The third kappa shape index (κ3) is 1.26. The van der Waals surface area contributed by atoms with Crippen LogP contribution in [0.3, 0.4) is 0 Å². The van der Waals surface area contributed by atoms with Crippen LogP contribution in [0.4, 0.5) is 0 Å². The predicted octanol–water partition coefficient (Wildman–Crippen LogP) is 0.346. The van der Waals surface area contributed by atoms with Crippen LogP contribution < -0.4 is 0 Å². The van der Waals surface area contributed by atoms with E-state index in [2.05, 4.69) is 0 Å². The van der Waals surface area contributed by atoms with E-state index in [1.54, 1.807) is 11.8 Å². The molecule has 2 heterocycles. The van der Waals surface area contributed by atoms with E-state index in [1.165, 1.54) is 0 Å². The largest absolute Gasteiger partial charge is 0.481 e. The molecule has 2 fully saturated rings. The van der Waals surface area contributed by atoms with Crippen molar-refractivity contribution in [3.05, 3.63) is 0 Å². The highest BCUT2D eigenvalue weighted by molar-refractivity contribution is 7.99. The van der Waals surface area contributed by atoms with Crippen LogP contribution in [0.25, 0.3) is 0 Å². The maximum atomic E-state index is 11.3.